The minimum absolute atomic E-state index is 0.0830. The topological polar surface area (TPSA) is 48.4 Å². The van der Waals surface area contributed by atoms with Crippen LogP contribution in [-0.2, 0) is 6.54 Å². The molecule has 0 bridgehead atoms. The highest BCUT2D eigenvalue weighted by molar-refractivity contribution is 5.46. The molecule has 19 heavy (non-hydrogen) atoms. The third kappa shape index (κ3) is 5.57. The molecule has 0 saturated heterocycles. The monoisotopic (exact) mass is 265 g/mol. The second kappa shape index (κ2) is 7.46. The van der Waals surface area contributed by atoms with Crippen LogP contribution in [0.2, 0.25) is 0 Å². The van der Waals surface area contributed by atoms with E-state index in [1.807, 2.05) is 12.3 Å². The molecule has 4 nitrogen and oxygen atoms in total. The highest BCUT2D eigenvalue weighted by atomic mass is 16.3. The van der Waals surface area contributed by atoms with Crippen LogP contribution in [0.3, 0.4) is 0 Å². The Morgan fingerprint density at radius 3 is 2.63 bits per heavy atom. The summed E-state index contributed by atoms with van der Waals surface area (Å²) in [5, 5.41) is 12.7. The van der Waals surface area contributed by atoms with E-state index in [-0.39, 0.29) is 12.1 Å². The number of hydrogen-bond acceptors (Lipinski definition) is 4. The van der Waals surface area contributed by atoms with Crippen LogP contribution in [0.15, 0.2) is 18.3 Å². The molecule has 1 aromatic heterocycles. The summed E-state index contributed by atoms with van der Waals surface area (Å²) in [6.45, 7) is 11.1. The Morgan fingerprint density at radius 1 is 1.32 bits per heavy atom. The van der Waals surface area contributed by atoms with Gasteiger partial charge in [0.1, 0.15) is 5.82 Å². The van der Waals surface area contributed by atoms with Gasteiger partial charge in [0, 0.05) is 36.9 Å². The van der Waals surface area contributed by atoms with E-state index in [1.165, 1.54) is 5.56 Å². The first kappa shape index (κ1) is 15.9. The van der Waals surface area contributed by atoms with Gasteiger partial charge in [-0.1, -0.05) is 13.0 Å². The van der Waals surface area contributed by atoms with Crippen molar-refractivity contribution in [1.82, 2.24) is 10.3 Å². The smallest absolute Gasteiger partial charge is 0.133 e. The van der Waals surface area contributed by atoms with Crippen LogP contribution in [0.5, 0.6) is 0 Å². The Bertz CT molecular complexity index is 368. The fourth-order valence-electron chi connectivity index (χ4n) is 1.93. The van der Waals surface area contributed by atoms with Gasteiger partial charge < -0.3 is 15.3 Å². The Labute approximate surface area is 116 Å². The van der Waals surface area contributed by atoms with Gasteiger partial charge in [0.15, 0.2) is 0 Å². The summed E-state index contributed by atoms with van der Waals surface area (Å²) in [7, 11) is 0. The van der Waals surface area contributed by atoms with Crippen LogP contribution in [0, 0.1) is 0 Å². The molecule has 4 heteroatoms. The first-order valence-corrected chi connectivity index (χ1v) is 7.02. The van der Waals surface area contributed by atoms with Gasteiger partial charge in [-0.2, -0.15) is 0 Å². The van der Waals surface area contributed by atoms with Crippen molar-refractivity contribution < 1.29 is 5.11 Å². The van der Waals surface area contributed by atoms with Crippen LogP contribution in [0.25, 0.3) is 0 Å². The molecule has 0 aliphatic heterocycles. The standard InChI is InChI=1S/C15H27N3O/c1-5-9-18(10-11-19)14-13(7-6-8-16-14)12-17-15(2,3)4/h6-8,17,19H,5,9-12H2,1-4H3. The fraction of sp³-hybridized carbons (Fsp3) is 0.667. The van der Waals surface area contributed by atoms with E-state index in [9.17, 15) is 5.11 Å². The van der Waals surface area contributed by atoms with E-state index in [2.05, 4.69) is 49.0 Å². The summed E-state index contributed by atoms with van der Waals surface area (Å²) in [6.07, 6.45) is 2.86. The number of nitrogens with one attached hydrogen (secondary N) is 1. The normalized spacial score (nSPS) is 11.6. The van der Waals surface area contributed by atoms with Gasteiger partial charge in [0.2, 0.25) is 0 Å². The summed E-state index contributed by atoms with van der Waals surface area (Å²) in [6, 6.07) is 4.06. The average Bonchev–Trinajstić information content (AvgIpc) is 2.36. The van der Waals surface area contributed by atoms with Crippen LogP contribution < -0.4 is 10.2 Å². The molecule has 0 aromatic carbocycles. The molecule has 0 aliphatic carbocycles. The van der Waals surface area contributed by atoms with Crippen molar-refractivity contribution in [2.75, 3.05) is 24.6 Å². The van der Waals surface area contributed by atoms with Crippen LogP contribution >= 0.6 is 0 Å². The van der Waals surface area contributed by atoms with Crippen molar-refractivity contribution in [3.8, 4) is 0 Å². The van der Waals surface area contributed by atoms with E-state index in [1.54, 1.807) is 0 Å². The molecular weight excluding hydrogens is 238 g/mol. The molecule has 1 heterocycles. The molecule has 0 amide bonds. The first-order chi connectivity index (χ1) is 8.98. The maximum atomic E-state index is 9.19. The molecule has 0 aliphatic rings. The third-order valence-electron chi connectivity index (χ3n) is 2.84. The number of aliphatic hydroxyl groups excluding tert-OH is 1. The Morgan fingerprint density at radius 2 is 2.05 bits per heavy atom. The van der Waals surface area contributed by atoms with Crippen LogP contribution in [-0.4, -0.2) is 35.3 Å². The Kier molecular flexibility index (Phi) is 6.25. The third-order valence-corrected chi connectivity index (χ3v) is 2.84. The average molecular weight is 265 g/mol. The minimum atomic E-state index is 0.0830. The van der Waals surface area contributed by atoms with Crippen molar-refractivity contribution in [2.24, 2.45) is 0 Å². The molecule has 1 aromatic rings. The fourth-order valence-corrected chi connectivity index (χ4v) is 1.93. The van der Waals surface area contributed by atoms with Gasteiger partial charge in [-0.3, -0.25) is 0 Å². The van der Waals surface area contributed by atoms with E-state index in [4.69, 9.17) is 0 Å². The predicted octanol–water partition coefficient (Wildman–Crippen LogP) is 2.18. The second-order valence-electron chi connectivity index (χ2n) is 5.80. The van der Waals surface area contributed by atoms with Crippen molar-refractivity contribution in [2.45, 2.75) is 46.2 Å². The predicted molar refractivity (Wildman–Crippen MR) is 80.4 cm³/mol. The van der Waals surface area contributed by atoms with Crippen molar-refractivity contribution in [3.05, 3.63) is 23.9 Å². The van der Waals surface area contributed by atoms with Gasteiger partial charge in [0.25, 0.3) is 0 Å². The van der Waals surface area contributed by atoms with Gasteiger partial charge in [-0.05, 0) is 33.3 Å². The minimum Gasteiger partial charge on any atom is -0.395 e. The number of nitrogens with zero attached hydrogens (tertiary/aromatic N) is 2. The van der Waals surface area contributed by atoms with Gasteiger partial charge in [-0.25, -0.2) is 4.98 Å². The number of aliphatic hydroxyl groups is 1. The zero-order chi connectivity index (χ0) is 14.3. The number of pyridine rings is 1. The summed E-state index contributed by atoms with van der Waals surface area (Å²) >= 11 is 0. The number of anilines is 1. The van der Waals surface area contributed by atoms with Gasteiger partial charge in [-0.15, -0.1) is 0 Å². The van der Waals surface area contributed by atoms with Crippen molar-refractivity contribution >= 4 is 5.82 Å². The van der Waals surface area contributed by atoms with Crippen LogP contribution in [0.1, 0.15) is 39.7 Å². The van der Waals surface area contributed by atoms with Crippen LogP contribution in [0.4, 0.5) is 5.82 Å². The van der Waals surface area contributed by atoms with E-state index in [0.29, 0.717) is 6.54 Å². The highest BCUT2D eigenvalue weighted by Gasteiger charge is 2.14. The zero-order valence-corrected chi connectivity index (χ0v) is 12.6. The summed E-state index contributed by atoms with van der Waals surface area (Å²) < 4.78 is 0. The first-order valence-electron chi connectivity index (χ1n) is 7.02. The lowest BCUT2D eigenvalue weighted by Crippen LogP contribution is -2.36. The number of rotatable bonds is 7. The number of aromatic nitrogens is 1. The van der Waals surface area contributed by atoms with E-state index < -0.39 is 0 Å². The molecule has 2 N–H and O–H groups in total. The highest BCUT2D eigenvalue weighted by Crippen LogP contribution is 2.18. The molecule has 1 rings (SSSR count). The molecule has 108 valence electrons. The van der Waals surface area contributed by atoms with Crippen molar-refractivity contribution in [1.29, 1.82) is 0 Å². The Hall–Kier alpha value is -1.13. The van der Waals surface area contributed by atoms with Gasteiger partial charge >= 0.3 is 0 Å². The lowest BCUT2D eigenvalue weighted by molar-refractivity contribution is 0.301. The molecule has 0 radical (unpaired) electrons. The summed E-state index contributed by atoms with van der Waals surface area (Å²) in [5.41, 5.74) is 1.26. The molecule has 0 atom stereocenters. The zero-order valence-electron chi connectivity index (χ0n) is 12.6. The maximum absolute atomic E-state index is 9.19. The molecule has 0 fully saturated rings. The maximum Gasteiger partial charge on any atom is 0.133 e. The number of hydrogen-bond donors (Lipinski definition) is 2. The summed E-state index contributed by atoms with van der Waals surface area (Å²) in [5.74, 6) is 0.982. The quantitative estimate of drug-likeness (QED) is 0.793. The van der Waals surface area contributed by atoms with E-state index >= 15 is 0 Å². The van der Waals surface area contributed by atoms with Gasteiger partial charge in [0.05, 0.1) is 6.61 Å². The van der Waals surface area contributed by atoms with E-state index in [0.717, 1.165) is 25.3 Å². The SMILES string of the molecule is CCCN(CCO)c1ncccc1CNC(C)(C)C. The molecule has 0 saturated carbocycles. The molecule has 0 spiro atoms. The molecule has 0 unspecified atom stereocenters. The van der Waals surface area contributed by atoms with Crippen molar-refractivity contribution in [3.63, 3.8) is 0 Å². The molecular formula is C15H27N3O. The largest absolute Gasteiger partial charge is 0.395 e. The Balaban J connectivity index is 2.86. The summed E-state index contributed by atoms with van der Waals surface area (Å²) in [4.78, 5) is 6.64. The lowest BCUT2D eigenvalue weighted by atomic mass is 10.1. The second-order valence-corrected chi connectivity index (χ2v) is 5.80. The lowest BCUT2D eigenvalue weighted by Gasteiger charge is -2.26.